The lowest BCUT2D eigenvalue weighted by Crippen LogP contribution is -2.34. The van der Waals surface area contributed by atoms with Crippen molar-refractivity contribution in [3.8, 4) is 0 Å². The maximum Gasteiger partial charge on any atom is 0.311 e. The zero-order chi connectivity index (χ0) is 19.2. The lowest BCUT2D eigenvalue weighted by Gasteiger charge is -2.20. The number of halogens is 1. The van der Waals surface area contributed by atoms with E-state index >= 15 is 0 Å². The van der Waals surface area contributed by atoms with Crippen molar-refractivity contribution >= 4 is 28.9 Å². The summed E-state index contributed by atoms with van der Waals surface area (Å²) < 4.78 is 26.6. The molecule has 0 aromatic carbocycles. The maximum absolute atomic E-state index is 14.6. The van der Waals surface area contributed by atoms with Gasteiger partial charge in [-0.05, 0) is 20.8 Å². The number of aromatic nitrogens is 4. The topological polar surface area (TPSA) is 151 Å². The fourth-order valence-electron chi connectivity index (χ4n) is 2.58. The molecule has 1 aliphatic rings. The molecule has 4 atom stereocenters. The largest absolute Gasteiger partial charge is 0.462 e. The monoisotopic (exact) mass is 368 g/mol. The van der Waals surface area contributed by atoms with Crippen molar-refractivity contribution in [3.63, 3.8) is 0 Å². The Morgan fingerprint density at radius 2 is 2.12 bits per heavy atom. The molecule has 1 fully saturated rings. The quantitative estimate of drug-likeness (QED) is 0.644. The van der Waals surface area contributed by atoms with Crippen LogP contribution >= 0.6 is 0 Å². The lowest BCUT2D eigenvalue weighted by atomic mass is 9.97. The third-order valence-electron chi connectivity index (χ3n) is 4.02. The van der Waals surface area contributed by atoms with Gasteiger partial charge in [0.15, 0.2) is 23.9 Å². The van der Waals surface area contributed by atoms with E-state index < -0.39 is 36.0 Å². The standard InChI is InChI=1S/C15H21FN6O4/c1-15(2,3)13(24)25-4-6-9(23)7(16)12(26-6)22-5-19-8-10(17)20-14(18)21-11(8)22/h5-7,9,12,23H,4H2,1-3H3,(H4,17,18,20,21)/t6-,7-,9-,12-/m1/s1. The SMILES string of the molecule is CC(C)(C)C(=O)OC[C@H]1O[C@@H](n2cnc3c(N)nc(N)nc32)[C@H](F)[C@@H]1O. The first-order valence-corrected chi connectivity index (χ1v) is 8.00. The molecular formula is C15H21FN6O4. The molecule has 1 saturated heterocycles. The van der Waals surface area contributed by atoms with Gasteiger partial charge in [-0.15, -0.1) is 0 Å². The highest BCUT2D eigenvalue weighted by molar-refractivity contribution is 5.82. The Kier molecular flexibility index (Phi) is 4.44. The number of alkyl halides is 1. The molecule has 2 aromatic rings. The van der Waals surface area contributed by atoms with Crippen LogP contribution in [0.5, 0.6) is 0 Å². The molecule has 26 heavy (non-hydrogen) atoms. The number of hydrogen-bond donors (Lipinski definition) is 3. The number of aliphatic hydroxyl groups is 1. The number of aliphatic hydroxyl groups excluding tert-OH is 1. The fourth-order valence-corrected chi connectivity index (χ4v) is 2.58. The highest BCUT2D eigenvalue weighted by atomic mass is 19.1. The van der Waals surface area contributed by atoms with Crippen LogP contribution in [0.3, 0.4) is 0 Å². The van der Waals surface area contributed by atoms with Gasteiger partial charge in [-0.25, -0.2) is 9.37 Å². The highest BCUT2D eigenvalue weighted by Gasteiger charge is 2.46. The van der Waals surface area contributed by atoms with Crippen molar-refractivity contribution in [2.24, 2.45) is 5.41 Å². The molecular weight excluding hydrogens is 347 g/mol. The van der Waals surface area contributed by atoms with Crippen LogP contribution in [0.15, 0.2) is 6.33 Å². The minimum Gasteiger partial charge on any atom is -0.462 e. The zero-order valence-electron chi connectivity index (χ0n) is 14.6. The van der Waals surface area contributed by atoms with Crippen LogP contribution in [-0.2, 0) is 14.3 Å². The molecule has 1 aliphatic heterocycles. The van der Waals surface area contributed by atoms with Gasteiger partial charge in [0.25, 0.3) is 0 Å². The smallest absolute Gasteiger partial charge is 0.311 e. The van der Waals surface area contributed by atoms with Crippen molar-refractivity contribution in [1.82, 2.24) is 19.5 Å². The summed E-state index contributed by atoms with van der Waals surface area (Å²) in [6.45, 7) is 4.79. The molecule has 5 N–H and O–H groups in total. The molecule has 0 amide bonds. The molecule has 0 aliphatic carbocycles. The van der Waals surface area contributed by atoms with Crippen molar-refractivity contribution in [2.45, 2.75) is 45.4 Å². The minimum absolute atomic E-state index is 0.0517. The Bertz CT molecular complexity index is 835. The first-order chi connectivity index (χ1) is 12.1. The number of hydrogen-bond acceptors (Lipinski definition) is 9. The Morgan fingerprint density at radius 1 is 1.42 bits per heavy atom. The van der Waals surface area contributed by atoms with Gasteiger partial charge in [-0.3, -0.25) is 9.36 Å². The van der Waals surface area contributed by atoms with Crippen LogP contribution < -0.4 is 11.5 Å². The molecule has 10 nitrogen and oxygen atoms in total. The summed E-state index contributed by atoms with van der Waals surface area (Å²) in [5, 5.41) is 10.1. The Balaban J connectivity index is 1.81. The molecule has 0 bridgehead atoms. The van der Waals surface area contributed by atoms with Crippen molar-refractivity contribution in [1.29, 1.82) is 0 Å². The average molecular weight is 368 g/mol. The summed E-state index contributed by atoms with van der Waals surface area (Å²) in [5.74, 6) is -0.522. The third-order valence-corrected chi connectivity index (χ3v) is 4.02. The van der Waals surface area contributed by atoms with Gasteiger partial charge in [0.05, 0.1) is 11.7 Å². The molecule has 0 spiro atoms. The second kappa shape index (κ2) is 6.32. The van der Waals surface area contributed by atoms with E-state index in [0.29, 0.717) is 0 Å². The molecule has 0 radical (unpaired) electrons. The summed E-state index contributed by atoms with van der Waals surface area (Å²) >= 11 is 0. The third kappa shape index (κ3) is 3.15. The van der Waals surface area contributed by atoms with Crippen LogP contribution in [0.4, 0.5) is 16.2 Å². The first-order valence-electron chi connectivity index (χ1n) is 8.00. The number of nitrogens with two attached hydrogens (primary N) is 2. The summed E-state index contributed by atoms with van der Waals surface area (Å²) in [6, 6.07) is 0. The fraction of sp³-hybridized carbons (Fsp3) is 0.600. The van der Waals surface area contributed by atoms with Crippen molar-refractivity contribution < 1.29 is 23.8 Å². The normalized spacial score (nSPS) is 26.3. The number of anilines is 2. The number of fused-ring (bicyclic) bond motifs is 1. The van der Waals surface area contributed by atoms with Gasteiger partial charge in [-0.1, -0.05) is 0 Å². The predicted molar refractivity (Wildman–Crippen MR) is 89.4 cm³/mol. The van der Waals surface area contributed by atoms with Gasteiger partial charge < -0.3 is 26.0 Å². The molecule has 142 valence electrons. The summed E-state index contributed by atoms with van der Waals surface area (Å²) in [5.41, 5.74) is 11.0. The van der Waals surface area contributed by atoms with Crippen LogP contribution in [0.1, 0.15) is 27.0 Å². The number of esters is 1. The van der Waals surface area contributed by atoms with E-state index in [-0.39, 0.29) is 29.5 Å². The van der Waals surface area contributed by atoms with Gasteiger partial charge >= 0.3 is 5.97 Å². The number of carbonyl (C=O) groups is 1. The predicted octanol–water partition coefficient (Wildman–Crippen LogP) is 0.176. The van der Waals surface area contributed by atoms with E-state index in [0.717, 1.165) is 0 Å². The van der Waals surface area contributed by atoms with Gasteiger partial charge in [0.2, 0.25) is 5.95 Å². The average Bonchev–Trinajstić information content (AvgIpc) is 3.07. The highest BCUT2D eigenvalue weighted by Crippen LogP contribution is 2.34. The second-order valence-corrected chi connectivity index (χ2v) is 7.14. The van der Waals surface area contributed by atoms with Gasteiger partial charge in [0.1, 0.15) is 24.3 Å². The molecule has 0 saturated carbocycles. The number of carbonyl (C=O) groups excluding carboxylic acids is 1. The summed E-state index contributed by atoms with van der Waals surface area (Å²) in [4.78, 5) is 23.7. The second-order valence-electron chi connectivity index (χ2n) is 7.14. The molecule has 3 heterocycles. The van der Waals surface area contributed by atoms with E-state index in [4.69, 9.17) is 20.9 Å². The van der Waals surface area contributed by atoms with E-state index in [1.165, 1.54) is 10.9 Å². The Morgan fingerprint density at radius 3 is 2.77 bits per heavy atom. The van der Waals surface area contributed by atoms with Crippen molar-refractivity contribution in [3.05, 3.63) is 6.33 Å². The van der Waals surface area contributed by atoms with Gasteiger partial charge in [0, 0.05) is 0 Å². The van der Waals surface area contributed by atoms with E-state index in [1.54, 1.807) is 20.8 Å². The van der Waals surface area contributed by atoms with Crippen LogP contribution in [0.25, 0.3) is 11.2 Å². The molecule has 2 aromatic heterocycles. The zero-order valence-corrected chi connectivity index (χ0v) is 14.6. The number of nitrogens with zero attached hydrogens (tertiary/aromatic N) is 4. The van der Waals surface area contributed by atoms with E-state index in [9.17, 15) is 14.3 Å². The Hall–Kier alpha value is -2.53. The number of ether oxygens (including phenoxy) is 2. The van der Waals surface area contributed by atoms with Gasteiger partial charge in [-0.2, -0.15) is 9.97 Å². The summed E-state index contributed by atoms with van der Waals surface area (Å²) in [7, 11) is 0. The summed E-state index contributed by atoms with van der Waals surface area (Å²) in [6.07, 6.45) is -4.25. The first kappa shape index (κ1) is 18.3. The molecule has 0 unspecified atom stereocenters. The van der Waals surface area contributed by atoms with Crippen molar-refractivity contribution in [2.75, 3.05) is 18.1 Å². The van der Waals surface area contributed by atoms with Crippen LogP contribution in [-0.4, -0.2) is 55.6 Å². The van der Waals surface area contributed by atoms with Crippen LogP contribution in [0, 0.1) is 5.41 Å². The van der Waals surface area contributed by atoms with Crippen LogP contribution in [0.2, 0.25) is 0 Å². The maximum atomic E-state index is 14.6. The van der Waals surface area contributed by atoms with E-state index in [1.807, 2.05) is 0 Å². The minimum atomic E-state index is -1.79. The Labute approximate surface area is 148 Å². The number of imidazole rings is 1. The number of nitrogen functional groups attached to an aromatic ring is 2. The molecule has 3 rings (SSSR count). The van der Waals surface area contributed by atoms with E-state index in [2.05, 4.69) is 15.0 Å². The number of rotatable bonds is 3. The lowest BCUT2D eigenvalue weighted by molar-refractivity contribution is -0.159. The molecule has 11 heteroatoms.